The molecule has 1 fully saturated rings. The number of aromatic nitrogens is 2. The quantitative estimate of drug-likeness (QED) is 0.716. The van der Waals surface area contributed by atoms with Crippen LogP contribution in [0.2, 0.25) is 5.02 Å². The fourth-order valence-electron chi connectivity index (χ4n) is 3.57. The summed E-state index contributed by atoms with van der Waals surface area (Å²) in [6.07, 6.45) is 5.16. The highest BCUT2D eigenvalue weighted by molar-refractivity contribution is 7.99. The van der Waals surface area contributed by atoms with Crippen LogP contribution in [0.5, 0.6) is 0 Å². The lowest BCUT2D eigenvalue weighted by Gasteiger charge is -2.28. The van der Waals surface area contributed by atoms with Crippen LogP contribution in [0.3, 0.4) is 0 Å². The van der Waals surface area contributed by atoms with Crippen LogP contribution >= 0.6 is 23.4 Å². The molecule has 2 aliphatic heterocycles. The van der Waals surface area contributed by atoms with E-state index in [1.807, 2.05) is 34.5 Å². The molecule has 1 aromatic heterocycles. The minimum absolute atomic E-state index is 0.0160. The summed E-state index contributed by atoms with van der Waals surface area (Å²) in [7, 11) is 0. The first-order chi connectivity index (χ1) is 14.6. The molecule has 1 saturated heterocycles. The molecule has 30 heavy (non-hydrogen) atoms. The van der Waals surface area contributed by atoms with Crippen LogP contribution in [0.25, 0.3) is 0 Å². The third-order valence-corrected chi connectivity index (χ3v) is 6.53. The zero-order valence-electron chi connectivity index (χ0n) is 16.6. The Morgan fingerprint density at radius 1 is 1.17 bits per heavy atom. The van der Waals surface area contributed by atoms with Crippen molar-refractivity contribution in [2.45, 2.75) is 13.1 Å². The van der Waals surface area contributed by atoms with Crippen LogP contribution in [0.1, 0.15) is 16.3 Å². The van der Waals surface area contributed by atoms with E-state index in [1.165, 1.54) is 0 Å². The van der Waals surface area contributed by atoms with Crippen molar-refractivity contribution in [2.75, 3.05) is 43.0 Å². The van der Waals surface area contributed by atoms with E-state index in [2.05, 4.69) is 15.2 Å². The van der Waals surface area contributed by atoms with Crippen molar-refractivity contribution in [1.82, 2.24) is 19.4 Å². The number of nitrogens with zero attached hydrogens (tertiary/aromatic N) is 4. The highest BCUT2D eigenvalue weighted by atomic mass is 35.5. The van der Waals surface area contributed by atoms with Crippen molar-refractivity contribution in [3.8, 4) is 0 Å². The maximum atomic E-state index is 12.7. The number of carbonyl (C=O) groups excluding carboxylic acids is 2. The van der Waals surface area contributed by atoms with Gasteiger partial charge in [0.1, 0.15) is 11.5 Å². The zero-order chi connectivity index (χ0) is 20.9. The molecule has 2 amide bonds. The Balaban J connectivity index is 1.35. The Labute approximate surface area is 185 Å². The molecule has 3 heterocycles. The maximum absolute atomic E-state index is 12.7. The molecule has 9 heteroatoms. The van der Waals surface area contributed by atoms with Crippen molar-refractivity contribution >= 4 is 40.9 Å². The van der Waals surface area contributed by atoms with Crippen LogP contribution in [-0.2, 0) is 17.9 Å². The van der Waals surface area contributed by atoms with Crippen LogP contribution in [0.15, 0.2) is 42.6 Å². The van der Waals surface area contributed by atoms with E-state index in [9.17, 15) is 9.59 Å². The van der Waals surface area contributed by atoms with Crippen molar-refractivity contribution in [3.05, 3.63) is 59.2 Å². The Morgan fingerprint density at radius 2 is 1.97 bits per heavy atom. The predicted molar refractivity (Wildman–Crippen MR) is 120 cm³/mol. The highest BCUT2D eigenvalue weighted by Crippen LogP contribution is 2.22. The first kappa shape index (κ1) is 21.0. The molecule has 2 aliphatic rings. The maximum Gasteiger partial charge on any atom is 0.273 e. The smallest absolute Gasteiger partial charge is 0.273 e. The summed E-state index contributed by atoms with van der Waals surface area (Å²) in [6, 6.07) is 7.10. The number of para-hydroxylation sites is 1. The van der Waals surface area contributed by atoms with Gasteiger partial charge in [0.05, 0.1) is 23.5 Å². The van der Waals surface area contributed by atoms with Crippen molar-refractivity contribution in [2.24, 2.45) is 0 Å². The van der Waals surface area contributed by atoms with Gasteiger partial charge in [-0.1, -0.05) is 29.8 Å². The fourth-order valence-corrected chi connectivity index (χ4v) is 4.73. The average Bonchev–Trinajstić information content (AvgIpc) is 3.19. The second-order valence-corrected chi connectivity index (χ2v) is 8.85. The van der Waals surface area contributed by atoms with E-state index >= 15 is 0 Å². The number of amides is 2. The molecule has 7 nitrogen and oxygen atoms in total. The number of halogens is 1. The standard InChI is InChI=1S/C21H24ClN5O2S/c22-16-4-1-2-5-17(16)24-21(29)18-14-23-19-15-26(8-9-27(18)19)20(28)6-3-7-25-10-12-30-13-11-25/h1-6,14H,7-13,15H2,(H,24,29)/b6-3+. The van der Waals surface area contributed by atoms with E-state index in [0.717, 1.165) is 31.1 Å². The Bertz CT molecular complexity index is 955. The van der Waals surface area contributed by atoms with Crippen molar-refractivity contribution in [1.29, 1.82) is 0 Å². The van der Waals surface area contributed by atoms with E-state index in [1.54, 1.807) is 29.3 Å². The van der Waals surface area contributed by atoms with Crippen molar-refractivity contribution in [3.63, 3.8) is 0 Å². The number of thioether (sulfide) groups is 1. The van der Waals surface area contributed by atoms with Gasteiger partial charge in [0, 0.05) is 50.3 Å². The SMILES string of the molecule is O=C(Nc1ccccc1Cl)c1cnc2n1CCN(C(=O)/C=C/CN1CCSCC1)C2. The number of anilines is 1. The van der Waals surface area contributed by atoms with Gasteiger partial charge in [-0.15, -0.1) is 0 Å². The first-order valence-corrected chi connectivity index (χ1v) is 11.5. The lowest BCUT2D eigenvalue weighted by atomic mass is 10.3. The molecule has 0 bridgehead atoms. The lowest BCUT2D eigenvalue weighted by Crippen LogP contribution is -2.38. The monoisotopic (exact) mass is 445 g/mol. The molecule has 1 N–H and O–H groups in total. The second-order valence-electron chi connectivity index (χ2n) is 7.22. The molecule has 0 spiro atoms. The topological polar surface area (TPSA) is 70.5 Å². The Morgan fingerprint density at radius 3 is 2.77 bits per heavy atom. The number of nitrogens with one attached hydrogen (secondary N) is 1. The molecule has 0 radical (unpaired) electrons. The molecule has 0 unspecified atom stereocenters. The second kappa shape index (κ2) is 9.68. The van der Waals surface area contributed by atoms with Gasteiger partial charge in [-0.25, -0.2) is 4.98 Å². The molecular weight excluding hydrogens is 422 g/mol. The molecule has 0 aliphatic carbocycles. The van der Waals surface area contributed by atoms with E-state index in [4.69, 9.17) is 11.6 Å². The number of fused-ring (bicyclic) bond motifs is 1. The minimum Gasteiger partial charge on any atom is -0.330 e. The predicted octanol–water partition coefficient (Wildman–Crippen LogP) is 2.74. The summed E-state index contributed by atoms with van der Waals surface area (Å²) in [5.41, 5.74) is 1.03. The van der Waals surface area contributed by atoms with Gasteiger partial charge in [0.25, 0.3) is 5.91 Å². The molecule has 2 aromatic rings. The van der Waals surface area contributed by atoms with Gasteiger partial charge >= 0.3 is 0 Å². The van der Waals surface area contributed by atoms with Gasteiger partial charge < -0.3 is 14.8 Å². The molecule has 0 atom stereocenters. The number of hydrogen-bond donors (Lipinski definition) is 1. The molecule has 1 aromatic carbocycles. The highest BCUT2D eigenvalue weighted by Gasteiger charge is 2.25. The zero-order valence-corrected chi connectivity index (χ0v) is 18.2. The van der Waals surface area contributed by atoms with Crippen LogP contribution in [0.4, 0.5) is 5.69 Å². The van der Waals surface area contributed by atoms with Crippen LogP contribution < -0.4 is 5.32 Å². The largest absolute Gasteiger partial charge is 0.330 e. The number of benzene rings is 1. The average molecular weight is 446 g/mol. The molecule has 0 saturated carbocycles. The van der Waals surface area contributed by atoms with Gasteiger partial charge in [-0.05, 0) is 12.1 Å². The van der Waals surface area contributed by atoms with Crippen molar-refractivity contribution < 1.29 is 9.59 Å². The Kier molecular flexibility index (Phi) is 6.76. The Hall–Kier alpha value is -2.29. The van der Waals surface area contributed by atoms with E-state index in [0.29, 0.717) is 41.9 Å². The minimum atomic E-state index is -0.263. The summed E-state index contributed by atoms with van der Waals surface area (Å²) in [5, 5.41) is 3.31. The third-order valence-electron chi connectivity index (χ3n) is 5.26. The van der Waals surface area contributed by atoms with E-state index in [-0.39, 0.29) is 11.8 Å². The third kappa shape index (κ3) is 4.88. The van der Waals surface area contributed by atoms with Gasteiger partial charge in [0.2, 0.25) is 5.91 Å². The molecule has 4 rings (SSSR count). The summed E-state index contributed by atoms with van der Waals surface area (Å²) in [6.45, 7) is 4.42. The summed E-state index contributed by atoms with van der Waals surface area (Å²) >= 11 is 8.10. The number of hydrogen-bond acceptors (Lipinski definition) is 5. The number of rotatable bonds is 5. The van der Waals surface area contributed by atoms with Crippen LogP contribution in [0, 0.1) is 0 Å². The number of imidazole rings is 1. The lowest BCUT2D eigenvalue weighted by molar-refractivity contribution is -0.127. The molecule has 158 valence electrons. The number of carbonyl (C=O) groups is 2. The van der Waals surface area contributed by atoms with Gasteiger partial charge in [0.15, 0.2) is 0 Å². The normalized spacial score (nSPS) is 17.2. The first-order valence-electron chi connectivity index (χ1n) is 9.97. The van der Waals surface area contributed by atoms with Gasteiger partial charge in [-0.2, -0.15) is 11.8 Å². The fraction of sp³-hybridized carbons (Fsp3) is 0.381. The summed E-state index contributed by atoms with van der Waals surface area (Å²) in [4.78, 5) is 33.7. The molecular formula is C21H24ClN5O2S. The van der Waals surface area contributed by atoms with E-state index < -0.39 is 0 Å². The van der Waals surface area contributed by atoms with Gasteiger partial charge in [-0.3, -0.25) is 14.5 Å². The summed E-state index contributed by atoms with van der Waals surface area (Å²) in [5.74, 6) is 2.74. The summed E-state index contributed by atoms with van der Waals surface area (Å²) < 4.78 is 1.87. The van der Waals surface area contributed by atoms with Crippen LogP contribution in [-0.4, -0.2) is 68.8 Å².